The number of carbonyl (C=O) groups excluding carboxylic acids is 1. The molecule has 6 heteroatoms. The SMILES string of the molecule is CCCCc1ccc2c(c1)C1(OCCCO1)C(=O)N2CCCOc1ccccc1Cl. The highest BCUT2D eigenvalue weighted by molar-refractivity contribution is 6.32. The van der Waals surface area contributed by atoms with Crippen LogP contribution >= 0.6 is 11.6 Å². The van der Waals surface area contributed by atoms with Crippen LogP contribution in [0.5, 0.6) is 5.75 Å². The highest BCUT2D eigenvalue weighted by Crippen LogP contribution is 2.45. The van der Waals surface area contributed by atoms with E-state index in [0.717, 1.165) is 36.9 Å². The molecule has 4 rings (SSSR count). The lowest BCUT2D eigenvalue weighted by atomic mass is 10.00. The normalized spacial score (nSPS) is 17.4. The third kappa shape index (κ3) is 4.07. The van der Waals surface area contributed by atoms with Gasteiger partial charge in [0.15, 0.2) is 0 Å². The third-order valence-corrected chi connectivity index (χ3v) is 5.88. The number of para-hydroxylation sites is 1. The number of fused-ring (bicyclic) bond motifs is 2. The van der Waals surface area contributed by atoms with E-state index in [9.17, 15) is 4.79 Å². The number of benzene rings is 2. The average Bonchev–Trinajstić information content (AvgIpc) is 2.99. The third-order valence-electron chi connectivity index (χ3n) is 5.57. The van der Waals surface area contributed by atoms with Crippen LogP contribution in [0.2, 0.25) is 5.02 Å². The molecule has 1 fully saturated rings. The second-order valence-electron chi connectivity index (χ2n) is 7.71. The Morgan fingerprint density at radius 1 is 1.13 bits per heavy atom. The second kappa shape index (κ2) is 9.38. The molecule has 0 aromatic heterocycles. The number of unbranched alkanes of at least 4 members (excludes halogenated alkanes) is 1. The van der Waals surface area contributed by atoms with E-state index >= 15 is 0 Å². The Balaban J connectivity index is 1.50. The van der Waals surface area contributed by atoms with Crippen molar-refractivity contribution in [3.05, 3.63) is 58.6 Å². The maximum atomic E-state index is 13.4. The number of ether oxygens (including phenoxy) is 3. The molecule has 1 spiro atoms. The molecule has 2 aromatic rings. The van der Waals surface area contributed by atoms with E-state index in [1.165, 1.54) is 5.56 Å². The Labute approximate surface area is 182 Å². The molecular weight excluding hydrogens is 402 g/mol. The Bertz CT molecular complexity index is 895. The zero-order chi connectivity index (χ0) is 21.0. The van der Waals surface area contributed by atoms with E-state index in [2.05, 4.69) is 19.1 Å². The molecule has 0 radical (unpaired) electrons. The van der Waals surface area contributed by atoms with Gasteiger partial charge in [-0.2, -0.15) is 0 Å². The maximum absolute atomic E-state index is 13.4. The lowest BCUT2D eigenvalue weighted by Gasteiger charge is -2.32. The highest BCUT2D eigenvalue weighted by Gasteiger charge is 2.54. The first kappa shape index (κ1) is 21.2. The van der Waals surface area contributed by atoms with Crippen molar-refractivity contribution in [3.63, 3.8) is 0 Å². The van der Waals surface area contributed by atoms with Crippen LogP contribution < -0.4 is 9.64 Å². The minimum Gasteiger partial charge on any atom is -0.492 e. The van der Waals surface area contributed by atoms with E-state index in [-0.39, 0.29) is 5.91 Å². The monoisotopic (exact) mass is 429 g/mol. The number of aryl methyl sites for hydroxylation is 1. The van der Waals surface area contributed by atoms with Gasteiger partial charge in [-0.3, -0.25) is 4.79 Å². The van der Waals surface area contributed by atoms with Crippen molar-refractivity contribution in [2.75, 3.05) is 31.3 Å². The molecule has 1 saturated heterocycles. The fourth-order valence-corrected chi connectivity index (χ4v) is 4.21. The summed E-state index contributed by atoms with van der Waals surface area (Å²) in [6.45, 7) is 4.21. The van der Waals surface area contributed by atoms with Gasteiger partial charge in [0.25, 0.3) is 11.7 Å². The first-order chi connectivity index (χ1) is 14.7. The van der Waals surface area contributed by atoms with Crippen LogP contribution in [0.15, 0.2) is 42.5 Å². The minimum atomic E-state index is -1.29. The summed E-state index contributed by atoms with van der Waals surface area (Å²) in [7, 11) is 0. The van der Waals surface area contributed by atoms with Gasteiger partial charge in [0.05, 0.1) is 30.5 Å². The lowest BCUT2D eigenvalue weighted by molar-refractivity contribution is -0.256. The molecule has 0 aliphatic carbocycles. The summed E-state index contributed by atoms with van der Waals surface area (Å²) in [6, 6.07) is 13.6. The van der Waals surface area contributed by atoms with Gasteiger partial charge < -0.3 is 19.1 Å². The lowest BCUT2D eigenvalue weighted by Crippen LogP contribution is -2.47. The molecule has 0 bridgehead atoms. The number of amides is 1. The molecule has 2 aliphatic rings. The van der Waals surface area contributed by atoms with E-state index in [0.29, 0.717) is 43.6 Å². The number of hydrogen-bond acceptors (Lipinski definition) is 4. The fourth-order valence-electron chi connectivity index (χ4n) is 4.02. The van der Waals surface area contributed by atoms with Gasteiger partial charge in [-0.25, -0.2) is 0 Å². The Morgan fingerprint density at radius 2 is 1.93 bits per heavy atom. The number of hydrogen-bond donors (Lipinski definition) is 0. The van der Waals surface area contributed by atoms with Crippen LogP contribution in [0.25, 0.3) is 0 Å². The van der Waals surface area contributed by atoms with Crippen LogP contribution in [0.1, 0.15) is 43.7 Å². The zero-order valence-electron chi connectivity index (χ0n) is 17.4. The fraction of sp³-hybridized carbons (Fsp3) is 0.458. The van der Waals surface area contributed by atoms with Crippen LogP contribution in [0.3, 0.4) is 0 Å². The molecule has 30 heavy (non-hydrogen) atoms. The summed E-state index contributed by atoms with van der Waals surface area (Å²) in [5.74, 6) is -0.773. The molecule has 2 heterocycles. The van der Waals surface area contributed by atoms with Gasteiger partial charge in [0.1, 0.15) is 5.75 Å². The summed E-state index contributed by atoms with van der Waals surface area (Å²) < 4.78 is 17.8. The molecule has 0 atom stereocenters. The van der Waals surface area contributed by atoms with E-state index in [4.69, 9.17) is 25.8 Å². The maximum Gasteiger partial charge on any atom is 0.292 e. The van der Waals surface area contributed by atoms with Crippen LogP contribution in [0, 0.1) is 0 Å². The van der Waals surface area contributed by atoms with Gasteiger partial charge in [-0.1, -0.05) is 43.1 Å². The van der Waals surface area contributed by atoms with Crippen molar-refractivity contribution in [2.24, 2.45) is 0 Å². The van der Waals surface area contributed by atoms with E-state index in [1.54, 1.807) is 11.0 Å². The molecule has 2 aliphatic heterocycles. The smallest absolute Gasteiger partial charge is 0.292 e. The standard InChI is InChI=1S/C24H28ClNO4/c1-2-3-8-18-11-12-21-19(17-18)24(29-15-7-16-30-24)23(27)26(21)13-6-14-28-22-10-5-4-9-20(22)25/h4-5,9-12,17H,2-3,6-8,13-16H2,1H3. The molecular formula is C24H28ClNO4. The van der Waals surface area contributed by atoms with Gasteiger partial charge in [0, 0.05) is 12.1 Å². The first-order valence-electron chi connectivity index (χ1n) is 10.8. The molecule has 2 aromatic carbocycles. The Hall–Kier alpha value is -2.08. The molecule has 160 valence electrons. The summed E-state index contributed by atoms with van der Waals surface area (Å²) >= 11 is 6.15. The number of anilines is 1. The molecule has 0 unspecified atom stereocenters. The average molecular weight is 430 g/mol. The Morgan fingerprint density at radius 3 is 2.70 bits per heavy atom. The summed E-state index contributed by atoms with van der Waals surface area (Å²) in [5.41, 5.74) is 2.93. The topological polar surface area (TPSA) is 48.0 Å². The van der Waals surface area contributed by atoms with Gasteiger partial charge in [0.2, 0.25) is 0 Å². The summed E-state index contributed by atoms with van der Waals surface area (Å²) in [4.78, 5) is 15.2. The van der Waals surface area contributed by atoms with Crippen LogP contribution in [-0.4, -0.2) is 32.3 Å². The van der Waals surface area contributed by atoms with Crippen molar-refractivity contribution >= 4 is 23.2 Å². The van der Waals surface area contributed by atoms with E-state index < -0.39 is 5.79 Å². The van der Waals surface area contributed by atoms with Gasteiger partial charge in [-0.05, 0) is 55.5 Å². The minimum absolute atomic E-state index is 0.136. The molecule has 5 nitrogen and oxygen atoms in total. The Kier molecular flexibility index (Phi) is 6.61. The summed E-state index contributed by atoms with van der Waals surface area (Å²) in [6.07, 6.45) is 4.70. The second-order valence-corrected chi connectivity index (χ2v) is 8.12. The first-order valence-corrected chi connectivity index (χ1v) is 11.1. The predicted octanol–water partition coefficient (Wildman–Crippen LogP) is 5.09. The zero-order valence-corrected chi connectivity index (χ0v) is 18.1. The van der Waals surface area contributed by atoms with Crippen molar-refractivity contribution in [1.29, 1.82) is 0 Å². The predicted molar refractivity (Wildman–Crippen MR) is 117 cm³/mol. The number of halogens is 1. The number of rotatable bonds is 8. The van der Waals surface area contributed by atoms with Crippen molar-refractivity contribution in [1.82, 2.24) is 0 Å². The largest absolute Gasteiger partial charge is 0.492 e. The molecule has 0 N–H and O–H groups in total. The van der Waals surface area contributed by atoms with Crippen LogP contribution in [-0.2, 0) is 26.5 Å². The van der Waals surface area contributed by atoms with Crippen molar-refractivity contribution in [3.8, 4) is 5.75 Å². The summed E-state index contributed by atoms with van der Waals surface area (Å²) in [5, 5.41) is 0.586. The molecule has 1 amide bonds. The van der Waals surface area contributed by atoms with E-state index in [1.807, 2.05) is 24.3 Å². The highest BCUT2D eigenvalue weighted by atomic mass is 35.5. The van der Waals surface area contributed by atoms with Gasteiger partial charge >= 0.3 is 0 Å². The quantitative estimate of drug-likeness (QED) is 0.548. The van der Waals surface area contributed by atoms with Crippen molar-refractivity contribution < 1.29 is 19.0 Å². The van der Waals surface area contributed by atoms with Crippen LogP contribution in [0.4, 0.5) is 5.69 Å². The molecule has 0 saturated carbocycles. The van der Waals surface area contributed by atoms with Gasteiger partial charge in [-0.15, -0.1) is 0 Å². The number of carbonyl (C=O) groups is 1. The number of nitrogens with zero attached hydrogens (tertiary/aromatic N) is 1. The van der Waals surface area contributed by atoms with Crippen molar-refractivity contribution in [2.45, 2.75) is 44.8 Å².